The number of halogens is 3. The molecule has 0 radical (unpaired) electrons. The Morgan fingerprint density at radius 2 is 2.15 bits per heavy atom. The van der Waals surface area contributed by atoms with Crippen molar-refractivity contribution in [2.24, 2.45) is 5.73 Å². The summed E-state index contributed by atoms with van der Waals surface area (Å²) in [6.45, 7) is 0.626. The van der Waals surface area contributed by atoms with Crippen molar-refractivity contribution in [3.8, 4) is 0 Å². The largest absolute Gasteiger partial charge is 0.450 e. The predicted octanol–water partition coefficient (Wildman–Crippen LogP) is 4.13. The summed E-state index contributed by atoms with van der Waals surface area (Å²) in [6, 6.07) is 3.51. The van der Waals surface area contributed by atoms with Crippen molar-refractivity contribution in [2.75, 3.05) is 11.9 Å². The van der Waals surface area contributed by atoms with Gasteiger partial charge in [-0.2, -0.15) is 18.3 Å². The molecule has 0 aliphatic heterocycles. The number of nitrogens with zero attached hydrogens (tertiary/aromatic N) is 3. The highest BCUT2D eigenvalue weighted by Gasteiger charge is 2.31. The number of amides is 1. The number of rotatable bonds is 7. The molecular weight excluding hydrogens is 383 g/mol. The summed E-state index contributed by atoms with van der Waals surface area (Å²) in [5, 5.41) is 10.00. The van der Waals surface area contributed by atoms with Gasteiger partial charge in [-0.25, -0.2) is 9.78 Å². The third kappa shape index (κ3) is 4.67. The van der Waals surface area contributed by atoms with Crippen LogP contribution in [0.3, 0.4) is 0 Å². The highest BCUT2D eigenvalue weighted by atomic mass is 32.1. The summed E-state index contributed by atoms with van der Waals surface area (Å²) >= 11 is 1.32. The second-order valence-corrected chi connectivity index (χ2v) is 6.53. The van der Waals surface area contributed by atoms with Gasteiger partial charge in [0.25, 0.3) is 0 Å². The van der Waals surface area contributed by atoms with Crippen LogP contribution in [-0.4, -0.2) is 27.5 Å². The molecule has 3 rings (SSSR count). The van der Waals surface area contributed by atoms with Crippen LogP contribution in [0.25, 0.3) is 10.9 Å². The number of carbonyl (C=O) groups is 1. The zero-order valence-electron chi connectivity index (χ0n) is 14.0. The number of carbonyl (C=O) groups excluding carboxylic acids is 1. The third-order valence-corrected chi connectivity index (χ3v) is 4.43. The van der Waals surface area contributed by atoms with E-state index in [-0.39, 0.29) is 6.61 Å². The van der Waals surface area contributed by atoms with Crippen molar-refractivity contribution < 1.29 is 22.7 Å². The van der Waals surface area contributed by atoms with Crippen LogP contribution in [0.15, 0.2) is 29.8 Å². The molecule has 0 saturated carbocycles. The average Bonchev–Trinajstić information content (AvgIpc) is 3.22. The summed E-state index contributed by atoms with van der Waals surface area (Å²) < 4.78 is 45.5. The minimum atomic E-state index is -4.44. The van der Waals surface area contributed by atoms with Crippen molar-refractivity contribution in [3.63, 3.8) is 0 Å². The zero-order valence-corrected chi connectivity index (χ0v) is 14.8. The van der Waals surface area contributed by atoms with E-state index in [1.54, 1.807) is 16.3 Å². The number of alkyl halides is 3. The van der Waals surface area contributed by atoms with Crippen LogP contribution in [0.4, 0.5) is 28.9 Å². The number of primary amides is 1. The molecule has 0 fully saturated rings. The monoisotopic (exact) mass is 399 g/mol. The van der Waals surface area contributed by atoms with Gasteiger partial charge in [-0.05, 0) is 31.0 Å². The molecule has 2 aromatic heterocycles. The standard InChI is InChI=1S/C16H16F3N5O2S/c17-16(18,19)10-3-4-12-11(9-10)13(22-15-21-5-8-27-15)23-24(12)6-1-2-7-26-14(20)25/h3-5,8-9H,1-2,6-7H2,(H2,20,25)(H,21,22,23). The quantitative estimate of drug-likeness (QED) is 0.583. The lowest BCUT2D eigenvalue weighted by atomic mass is 10.1. The lowest BCUT2D eigenvalue weighted by Gasteiger charge is -2.07. The number of thiazole rings is 1. The molecule has 1 amide bonds. The molecule has 0 aliphatic rings. The summed E-state index contributed by atoms with van der Waals surface area (Å²) in [4.78, 5) is 14.6. The van der Waals surface area contributed by atoms with Crippen LogP contribution in [-0.2, 0) is 17.5 Å². The van der Waals surface area contributed by atoms with Crippen LogP contribution in [0.1, 0.15) is 18.4 Å². The maximum Gasteiger partial charge on any atom is 0.416 e. The molecule has 0 saturated heterocycles. The van der Waals surface area contributed by atoms with Crippen molar-refractivity contribution >= 4 is 39.3 Å². The van der Waals surface area contributed by atoms with Crippen LogP contribution < -0.4 is 11.1 Å². The van der Waals surface area contributed by atoms with Gasteiger partial charge in [0.05, 0.1) is 17.7 Å². The number of unbranched alkanes of at least 4 members (excludes halogenated alkanes) is 1. The maximum atomic E-state index is 13.1. The van der Waals surface area contributed by atoms with Gasteiger partial charge in [0.15, 0.2) is 10.9 Å². The van der Waals surface area contributed by atoms with Gasteiger partial charge in [-0.15, -0.1) is 11.3 Å². The minimum Gasteiger partial charge on any atom is -0.450 e. The van der Waals surface area contributed by atoms with E-state index in [0.29, 0.717) is 41.2 Å². The number of benzene rings is 1. The van der Waals surface area contributed by atoms with E-state index >= 15 is 0 Å². The fraction of sp³-hybridized carbons (Fsp3) is 0.312. The number of nitrogens with two attached hydrogens (primary N) is 1. The second-order valence-electron chi connectivity index (χ2n) is 5.64. The molecule has 0 aliphatic carbocycles. The molecule has 0 bridgehead atoms. The Balaban J connectivity index is 1.85. The smallest absolute Gasteiger partial charge is 0.416 e. The van der Waals surface area contributed by atoms with Gasteiger partial charge in [0.2, 0.25) is 0 Å². The summed E-state index contributed by atoms with van der Waals surface area (Å²) in [5.74, 6) is 0.305. The Hall–Kier alpha value is -2.82. The molecule has 144 valence electrons. The number of hydrogen-bond acceptors (Lipinski definition) is 6. The summed E-state index contributed by atoms with van der Waals surface area (Å²) in [7, 11) is 0. The highest BCUT2D eigenvalue weighted by Crippen LogP contribution is 2.34. The molecule has 0 atom stereocenters. The molecule has 0 unspecified atom stereocenters. The molecular formula is C16H16F3N5O2S. The Kier molecular flexibility index (Phi) is 5.49. The van der Waals surface area contributed by atoms with E-state index in [4.69, 9.17) is 5.73 Å². The van der Waals surface area contributed by atoms with Crippen molar-refractivity contribution in [1.29, 1.82) is 0 Å². The molecule has 1 aromatic carbocycles. The predicted molar refractivity (Wildman–Crippen MR) is 94.9 cm³/mol. The third-order valence-electron chi connectivity index (χ3n) is 3.74. The van der Waals surface area contributed by atoms with Gasteiger partial charge in [-0.3, -0.25) is 4.68 Å². The first-order chi connectivity index (χ1) is 12.8. The van der Waals surface area contributed by atoms with E-state index in [0.717, 1.165) is 12.1 Å². The molecule has 11 heteroatoms. The normalized spacial score (nSPS) is 11.7. The van der Waals surface area contributed by atoms with Crippen molar-refractivity contribution in [2.45, 2.75) is 25.6 Å². The van der Waals surface area contributed by atoms with Crippen LogP contribution in [0.2, 0.25) is 0 Å². The van der Waals surface area contributed by atoms with E-state index < -0.39 is 17.8 Å². The fourth-order valence-corrected chi connectivity index (χ4v) is 3.07. The topological polar surface area (TPSA) is 95.1 Å². The number of nitrogens with one attached hydrogen (secondary N) is 1. The van der Waals surface area contributed by atoms with Crippen LogP contribution >= 0.6 is 11.3 Å². The lowest BCUT2D eigenvalue weighted by Crippen LogP contribution is -2.14. The van der Waals surface area contributed by atoms with E-state index in [1.165, 1.54) is 17.4 Å². The summed E-state index contributed by atoms with van der Waals surface area (Å²) in [6.07, 6.45) is -2.52. The van der Waals surface area contributed by atoms with E-state index in [9.17, 15) is 18.0 Å². The molecule has 0 spiro atoms. The van der Waals surface area contributed by atoms with E-state index in [2.05, 4.69) is 20.1 Å². The number of anilines is 2. The molecule has 3 aromatic rings. The zero-order chi connectivity index (χ0) is 19.4. The molecule has 2 heterocycles. The molecule has 27 heavy (non-hydrogen) atoms. The van der Waals surface area contributed by atoms with Crippen molar-refractivity contribution in [1.82, 2.24) is 14.8 Å². The first-order valence-electron chi connectivity index (χ1n) is 8.01. The Labute approximate surface area is 155 Å². The maximum absolute atomic E-state index is 13.1. The van der Waals surface area contributed by atoms with Gasteiger partial charge in [-0.1, -0.05) is 0 Å². The van der Waals surface area contributed by atoms with Crippen LogP contribution in [0.5, 0.6) is 0 Å². The Morgan fingerprint density at radius 1 is 1.33 bits per heavy atom. The van der Waals surface area contributed by atoms with E-state index in [1.807, 2.05) is 0 Å². The molecule has 3 N–H and O–H groups in total. The van der Waals surface area contributed by atoms with Crippen molar-refractivity contribution in [3.05, 3.63) is 35.3 Å². The first-order valence-corrected chi connectivity index (χ1v) is 8.89. The highest BCUT2D eigenvalue weighted by molar-refractivity contribution is 7.13. The number of hydrogen-bond donors (Lipinski definition) is 2. The van der Waals surface area contributed by atoms with Gasteiger partial charge < -0.3 is 15.8 Å². The fourth-order valence-electron chi connectivity index (χ4n) is 2.54. The van der Waals surface area contributed by atoms with Gasteiger partial charge >= 0.3 is 12.3 Å². The lowest BCUT2D eigenvalue weighted by molar-refractivity contribution is -0.137. The SMILES string of the molecule is NC(=O)OCCCCn1nc(Nc2nccs2)c2cc(C(F)(F)F)ccc21. The average molecular weight is 399 g/mol. The first kappa shape index (κ1) is 19.0. The minimum absolute atomic E-state index is 0.178. The van der Waals surface area contributed by atoms with Crippen LogP contribution in [0, 0.1) is 0 Å². The van der Waals surface area contributed by atoms with Gasteiger partial charge in [0, 0.05) is 23.5 Å². The number of fused-ring (bicyclic) bond motifs is 1. The number of ether oxygens (including phenoxy) is 1. The van der Waals surface area contributed by atoms with Gasteiger partial charge in [0.1, 0.15) is 0 Å². The number of aromatic nitrogens is 3. The number of aryl methyl sites for hydroxylation is 1. The molecule has 7 nitrogen and oxygen atoms in total. The Bertz CT molecular complexity index is 924. The summed E-state index contributed by atoms with van der Waals surface area (Å²) in [5.41, 5.74) is 4.72. The Morgan fingerprint density at radius 3 is 2.81 bits per heavy atom. The second kappa shape index (κ2) is 7.82.